The van der Waals surface area contributed by atoms with Crippen LogP contribution in [0.1, 0.15) is 18.9 Å². The van der Waals surface area contributed by atoms with Crippen LogP contribution < -0.4 is 10.2 Å². The second kappa shape index (κ2) is 12.7. The molecule has 1 aromatic carbocycles. The van der Waals surface area contributed by atoms with E-state index in [1.807, 2.05) is 6.92 Å². The lowest BCUT2D eigenvalue weighted by Crippen LogP contribution is -2.54. The normalized spacial score (nSPS) is 14.4. The smallest absolute Gasteiger partial charge is 0.409 e. The monoisotopic (exact) mass is 503 g/mol. The Morgan fingerprint density at radius 2 is 1.75 bits per heavy atom. The highest BCUT2D eigenvalue weighted by Gasteiger charge is 2.23. The summed E-state index contributed by atoms with van der Waals surface area (Å²) in [5.41, 5.74) is 2.57. The molecule has 1 amide bonds. The molecule has 1 aliphatic heterocycles. The lowest BCUT2D eigenvalue weighted by Gasteiger charge is -2.35. The van der Waals surface area contributed by atoms with E-state index in [9.17, 15) is 4.79 Å². The Morgan fingerprint density at radius 1 is 1.14 bits per heavy atom. The number of guanidine groups is 1. The van der Waals surface area contributed by atoms with Crippen molar-refractivity contribution in [1.82, 2.24) is 15.1 Å². The number of nitrogens with one attached hydrogen (secondary N) is 1. The van der Waals surface area contributed by atoms with Crippen LogP contribution in [0.4, 0.5) is 10.5 Å². The summed E-state index contributed by atoms with van der Waals surface area (Å²) in [6.45, 7) is 5.99. The summed E-state index contributed by atoms with van der Waals surface area (Å²) >= 11 is 0. The summed E-state index contributed by atoms with van der Waals surface area (Å²) in [7, 11) is 5.91. The zero-order chi connectivity index (χ0) is 19.6. The maximum Gasteiger partial charge on any atom is 0.409 e. The van der Waals surface area contributed by atoms with Crippen molar-refractivity contribution in [3.05, 3.63) is 29.8 Å². The van der Waals surface area contributed by atoms with Gasteiger partial charge in [0.1, 0.15) is 0 Å². The van der Waals surface area contributed by atoms with Crippen molar-refractivity contribution in [2.24, 2.45) is 4.99 Å². The SMILES string of the molecule is CCOC(=O)N1CCN(C(=NC)NCCCc2ccc(N(C)C)cc2)CC1.I. The molecule has 28 heavy (non-hydrogen) atoms. The zero-order valence-electron chi connectivity index (χ0n) is 17.5. The van der Waals surface area contributed by atoms with Crippen LogP contribution >= 0.6 is 24.0 Å². The van der Waals surface area contributed by atoms with Gasteiger partial charge in [-0.3, -0.25) is 4.99 Å². The summed E-state index contributed by atoms with van der Waals surface area (Å²) in [4.78, 5) is 22.2. The predicted octanol–water partition coefficient (Wildman–Crippen LogP) is 2.65. The maximum absolute atomic E-state index is 11.8. The Morgan fingerprint density at radius 3 is 2.29 bits per heavy atom. The minimum absolute atomic E-state index is 0. The molecule has 0 bridgehead atoms. The first-order valence-electron chi connectivity index (χ1n) is 9.68. The Labute approximate surface area is 186 Å². The molecular formula is C20H34IN5O2. The van der Waals surface area contributed by atoms with Crippen molar-refractivity contribution < 1.29 is 9.53 Å². The van der Waals surface area contributed by atoms with Gasteiger partial charge in [0.05, 0.1) is 6.61 Å². The van der Waals surface area contributed by atoms with E-state index in [0.29, 0.717) is 19.7 Å². The number of hydrogen-bond donors (Lipinski definition) is 1. The molecule has 1 N–H and O–H groups in total. The fourth-order valence-corrected chi connectivity index (χ4v) is 3.10. The van der Waals surface area contributed by atoms with Crippen molar-refractivity contribution >= 4 is 41.7 Å². The van der Waals surface area contributed by atoms with Gasteiger partial charge in [0.2, 0.25) is 0 Å². The van der Waals surface area contributed by atoms with Gasteiger partial charge in [0, 0.05) is 59.6 Å². The van der Waals surface area contributed by atoms with Crippen molar-refractivity contribution in [3.63, 3.8) is 0 Å². The van der Waals surface area contributed by atoms with E-state index in [1.54, 1.807) is 11.9 Å². The van der Waals surface area contributed by atoms with Crippen LogP contribution in [-0.2, 0) is 11.2 Å². The number of carbonyl (C=O) groups excluding carboxylic acids is 1. The molecule has 0 unspecified atom stereocenters. The van der Waals surface area contributed by atoms with Crippen molar-refractivity contribution in [1.29, 1.82) is 0 Å². The first-order valence-corrected chi connectivity index (χ1v) is 9.68. The summed E-state index contributed by atoms with van der Waals surface area (Å²) in [6.07, 6.45) is 1.86. The molecule has 0 radical (unpaired) electrons. The van der Waals surface area contributed by atoms with Crippen molar-refractivity contribution in [2.45, 2.75) is 19.8 Å². The van der Waals surface area contributed by atoms with E-state index in [4.69, 9.17) is 4.74 Å². The molecule has 2 rings (SSSR count). The Bertz CT molecular complexity index is 614. The lowest BCUT2D eigenvalue weighted by atomic mass is 10.1. The first-order chi connectivity index (χ1) is 13.0. The van der Waals surface area contributed by atoms with Gasteiger partial charge in [-0.1, -0.05) is 12.1 Å². The number of aryl methyl sites for hydroxylation is 1. The van der Waals surface area contributed by atoms with Crippen LogP contribution in [0.15, 0.2) is 29.3 Å². The number of hydrogen-bond acceptors (Lipinski definition) is 4. The molecule has 7 nitrogen and oxygen atoms in total. The second-order valence-electron chi connectivity index (χ2n) is 6.81. The minimum Gasteiger partial charge on any atom is -0.450 e. The predicted molar refractivity (Wildman–Crippen MR) is 126 cm³/mol. The molecule has 0 saturated carbocycles. The fraction of sp³-hybridized carbons (Fsp3) is 0.600. The van der Waals surface area contributed by atoms with Crippen LogP contribution in [0.5, 0.6) is 0 Å². The molecule has 158 valence electrons. The Balaban J connectivity index is 0.00000392. The summed E-state index contributed by atoms with van der Waals surface area (Å²) < 4.78 is 5.07. The molecule has 1 aromatic rings. The molecule has 0 atom stereocenters. The number of carbonyl (C=O) groups is 1. The second-order valence-corrected chi connectivity index (χ2v) is 6.81. The van der Waals surface area contributed by atoms with Gasteiger partial charge in [-0.15, -0.1) is 24.0 Å². The van der Waals surface area contributed by atoms with E-state index in [1.165, 1.54) is 11.3 Å². The van der Waals surface area contributed by atoms with E-state index >= 15 is 0 Å². The van der Waals surface area contributed by atoms with Gasteiger partial charge in [-0.05, 0) is 37.5 Å². The molecule has 1 heterocycles. The van der Waals surface area contributed by atoms with Gasteiger partial charge in [-0.25, -0.2) is 4.79 Å². The minimum atomic E-state index is -0.222. The molecule has 1 saturated heterocycles. The number of nitrogens with zero attached hydrogens (tertiary/aromatic N) is 4. The van der Waals surface area contributed by atoms with Gasteiger partial charge < -0.3 is 24.8 Å². The third-order valence-corrected chi connectivity index (χ3v) is 4.70. The van der Waals surface area contributed by atoms with Crippen LogP contribution in [0.2, 0.25) is 0 Å². The Hall–Kier alpha value is -1.71. The number of piperazine rings is 1. The third-order valence-electron chi connectivity index (χ3n) is 4.70. The van der Waals surface area contributed by atoms with Crippen LogP contribution in [0.3, 0.4) is 0 Å². The standard InChI is InChI=1S/C20H33N5O2.HI/c1-5-27-20(26)25-15-13-24(14-16-25)19(21-2)22-12-6-7-17-8-10-18(11-9-17)23(3)4;/h8-11H,5-7,12-16H2,1-4H3,(H,21,22);1H. The zero-order valence-corrected chi connectivity index (χ0v) is 19.8. The Kier molecular flexibility index (Phi) is 11.0. The molecule has 8 heteroatoms. The molecule has 0 spiro atoms. The van der Waals surface area contributed by atoms with Gasteiger partial charge in [0.25, 0.3) is 0 Å². The van der Waals surface area contributed by atoms with Crippen molar-refractivity contribution in [3.8, 4) is 0 Å². The van der Waals surface area contributed by atoms with Gasteiger partial charge >= 0.3 is 6.09 Å². The average Bonchev–Trinajstić information content (AvgIpc) is 2.69. The number of halogens is 1. The van der Waals surface area contributed by atoms with Crippen molar-refractivity contribution in [2.75, 3.05) is 65.4 Å². The van der Waals surface area contributed by atoms with Crippen LogP contribution in [-0.4, -0.2) is 82.3 Å². The highest BCUT2D eigenvalue weighted by Crippen LogP contribution is 2.13. The number of aliphatic imine (C=N–C) groups is 1. The first kappa shape index (κ1) is 24.3. The highest BCUT2D eigenvalue weighted by atomic mass is 127. The highest BCUT2D eigenvalue weighted by molar-refractivity contribution is 14.0. The maximum atomic E-state index is 11.8. The molecular weight excluding hydrogens is 469 g/mol. The molecule has 1 aliphatic rings. The van der Waals surface area contributed by atoms with E-state index < -0.39 is 0 Å². The lowest BCUT2D eigenvalue weighted by molar-refractivity contribution is 0.0914. The van der Waals surface area contributed by atoms with Crippen LogP contribution in [0, 0.1) is 0 Å². The van der Waals surface area contributed by atoms with E-state index in [-0.39, 0.29) is 30.1 Å². The summed E-state index contributed by atoms with van der Waals surface area (Å²) in [5.74, 6) is 0.904. The number of benzene rings is 1. The largest absolute Gasteiger partial charge is 0.450 e. The summed E-state index contributed by atoms with van der Waals surface area (Å²) in [5, 5.41) is 3.44. The quantitative estimate of drug-likeness (QED) is 0.280. The topological polar surface area (TPSA) is 60.4 Å². The number of anilines is 1. The van der Waals surface area contributed by atoms with E-state index in [2.05, 4.69) is 58.5 Å². The van der Waals surface area contributed by atoms with Gasteiger partial charge in [0.15, 0.2) is 5.96 Å². The van der Waals surface area contributed by atoms with E-state index in [0.717, 1.165) is 38.4 Å². The fourth-order valence-electron chi connectivity index (χ4n) is 3.10. The third kappa shape index (κ3) is 7.37. The average molecular weight is 503 g/mol. The molecule has 0 aromatic heterocycles. The number of ether oxygens (including phenoxy) is 1. The summed E-state index contributed by atoms with van der Waals surface area (Å²) in [6, 6.07) is 8.70. The van der Waals surface area contributed by atoms with Gasteiger partial charge in [-0.2, -0.15) is 0 Å². The number of rotatable bonds is 6. The number of amides is 1. The van der Waals surface area contributed by atoms with Crippen LogP contribution in [0.25, 0.3) is 0 Å². The molecule has 0 aliphatic carbocycles. The molecule has 1 fully saturated rings.